The van der Waals surface area contributed by atoms with Crippen LogP contribution in [0, 0.1) is 15.2 Å². The standard InChI is InChI=1S/C21H18F2IN3O2S/c1-30-11-12-7-19-26-18-9-15(16(23)10-25-18)14-4-3-13(22)8-17(14)28-5-2-6-29-21(27-19)20(12)24/h3-4,7-10H,2,5-6,11H2,1H3,(H,25,26,27). The van der Waals surface area contributed by atoms with Gasteiger partial charge in [-0.05, 0) is 58.7 Å². The summed E-state index contributed by atoms with van der Waals surface area (Å²) >= 11 is 3.93. The monoisotopic (exact) mass is 541 g/mol. The van der Waals surface area contributed by atoms with E-state index in [4.69, 9.17) is 9.47 Å². The summed E-state index contributed by atoms with van der Waals surface area (Å²) in [6, 6.07) is 7.55. The molecule has 30 heavy (non-hydrogen) atoms. The van der Waals surface area contributed by atoms with Gasteiger partial charge in [0.25, 0.3) is 0 Å². The van der Waals surface area contributed by atoms with Crippen LogP contribution in [0.15, 0.2) is 36.5 Å². The summed E-state index contributed by atoms with van der Waals surface area (Å²) in [6.45, 7) is 0.677. The van der Waals surface area contributed by atoms with E-state index in [2.05, 4.69) is 37.9 Å². The fourth-order valence-electron chi connectivity index (χ4n) is 3.07. The van der Waals surface area contributed by atoms with Crippen LogP contribution in [0.25, 0.3) is 11.1 Å². The second-order valence-corrected chi connectivity index (χ2v) is 8.53. The van der Waals surface area contributed by atoms with Crippen LogP contribution in [0.3, 0.4) is 0 Å². The van der Waals surface area contributed by atoms with Crippen LogP contribution in [-0.2, 0) is 5.75 Å². The summed E-state index contributed by atoms with van der Waals surface area (Å²) in [5.74, 6) is 1.60. The zero-order valence-electron chi connectivity index (χ0n) is 16.0. The highest BCUT2D eigenvalue weighted by atomic mass is 127. The van der Waals surface area contributed by atoms with Crippen LogP contribution in [0.1, 0.15) is 12.0 Å². The Kier molecular flexibility index (Phi) is 6.57. The maximum atomic E-state index is 14.6. The maximum absolute atomic E-state index is 14.6. The van der Waals surface area contributed by atoms with E-state index in [9.17, 15) is 8.78 Å². The Hall–Kier alpha value is -2.14. The van der Waals surface area contributed by atoms with Crippen molar-refractivity contribution in [2.75, 3.05) is 24.8 Å². The molecule has 3 aromatic rings. The molecule has 0 aliphatic carbocycles. The lowest BCUT2D eigenvalue weighted by molar-refractivity contribution is 0.241. The maximum Gasteiger partial charge on any atom is 0.229 e. The molecule has 1 aliphatic rings. The molecule has 3 heterocycles. The first kappa shape index (κ1) is 21.1. The molecule has 0 fully saturated rings. The summed E-state index contributed by atoms with van der Waals surface area (Å²) in [5, 5.41) is 3.14. The van der Waals surface area contributed by atoms with Crippen molar-refractivity contribution in [2.24, 2.45) is 0 Å². The van der Waals surface area contributed by atoms with Crippen LogP contribution in [0.4, 0.5) is 20.4 Å². The number of hydrogen-bond donors (Lipinski definition) is 1. The Morgan fingerprint density at radius 1 is 1.10 bits per heavy atom. The third kappa shape index (κ3) is 4.61. The number of aromatic nitrogens is 2. The smallest absolute Gasteiger partial charge is 0.229 e. The number of rotatable bonds is 2. The van der Waals surface area contributed by atoms with Crippen LogP contribution < -0.4 is 14.8 Å². The van der Waals surface area contributed by atoms with Gasteiger partial charge in [0.05, 0.1) is 23.0 Å². The minimum atomic E-state index is -0.522. The van der Waals surface area contributed by atoms with Crippen molar-refractivity contribution in [2.45, 2.75) is 12.2 Å². The van der Waals surface area contributed by atoms with Crippen molar-refractivity contribution in [3.8, 4) is 22.8 Å². The zero-order chi connectivity index (χ0) is 21.1. The molecular weight excluding hydrogens is 523 g/mol. The summed E-state index contributed by atoms with van der Waals surface area (Å²) in [7, 11) is 0. The SMILES string of the molecule is CSCc1cc2nc(c1I)OCCCOc1cc(F)ccc1-c1cc(ncc1F)N2. The quantitative estimate of drug-likeness (QED) is 0.415. The average Bonchev–Trinajstić information content (AvgIpc) is 2.72. The number of halogens is 3. The van der Waals surface area contributed by atoms with Gasteiger partial charge >= 0.3 is 0 Å². The van der Waals surface area contributed by atoms with Crippen LogP contribution in [0.5, 0.6) is 11.6 Å². The molecule has 0 saturated heterocycles. The van der Waals surface area contributed by atoms with Gasteiger partial charge in [0, 0.05) is 29.4 Å². The lowest BCUT2D eigenvalue weighted by Crippen LogP contribution is -2.10. The Bertz CT molecular complexity index is 1080. The number of benzene rings is 1. The molecule has 0 spiro atoms. The Labute approximate surface area is 190 Å². The van der Waals surface area contributed by atoms with Crippen molar-refractivity contribution < 1.29 is 18.3 Å². The van der Waals surface area contributed by atoms with Gasteiger partial charge in [-0.2, -0.15) is 16.7 Å². The summed E-state index contributed by atoms with van der Waals surface area (Å²) < 4.78 is 41.0. The average molecular weight is 541 g/mol. The molecule has 9 heteroatoms. The van der Waals surface area contributed by atoms with Gasteiger partial charge in [-0.15, -0.1) is 0 Å². The molecule has 0 radical (unpaired) electrons. The van der Waals surface area contributed by atoms with Crippen molar-refractivity contribution in [3.05, 3.63) is 57.3 Å². The van der Waals surface area contributed by atoms with E-state index in [1.54, 1.807) is 17.8 Å². The Morgan fingerprint density at radius 3 is 2.77 bits per heavy atom. The largest absolute Gasteiger partial charge is 0.493 e. The number of nitrogens with zero attached hydrogens (tertiary/aromatic N) is 2. The molecular formula is C21H18F2IN3O2S. The highest BCUT2D eigenvalue weighted by Crippen LogP contribution is 2.35. The van der Waals surface area contributed by atoms with E-state index >= 15 is 0 Å². The minimum Gasteiger partial charge on any atom is -0.493 e. The zero-order valence-corrected chi connectivity index (χ0v) is 19.0. The first-order valence-electron chi connectivity index (χ1n) is 9.21. The normalized spacial score (nSPS) is 13.3. The second-order valence-electron chi connectivity index (χ2n) is 6.58. The van der Waals surface area contributed by atoms with Crippen LogP contribution in [0.2, 0.25) is 0 Å². The predicted octanol–water partition coefficient (Wildman–Crippen LogP) is 5.79. The number of ether oxygens (including phenoxy) is 2. The molecule has 0 atom stereocenters. The molecule has 4 rings (SSSR count). The molecule has 156 valence electrons. The van der Waals surface area contributed by atoms with Crippen molar-refractivity contribution >= 4 is 46.0 Å². The molecule has 4 bridgehead atoms. The van der Waals surface area contributed by atoms with Crippen LogP contribution >= 0.6 is 34.4 Å². The number of fused-ring (bicyclic) bond motifs is 6. The molecule has 0 amide bonds. The molecule has 0 saturated carbocycles. The number of anilines is 2. The first-order valence-corrected chi connectivity index (χ1v) is 11.7. The number of hydrogen-bond acceptors (Lipinski definition) is 6. The Balaban J connectivity index is 1.82. The minimum absolute atomic E-state index is 0.269. The molecule has 0 unspecified atom stereocenters. The molecule has 5 nitrogen and oxygen atoms in total. The van der Waals surface area contributed by atoms with Crippen molar-refractivity contribution in [1.29, 1.82) is 0 Å². The third-order valence-corrected chi connectivity index (χ3v) is 6.19. The topological polar surface area (TPSA) is 56.3 Å². The fraction of sp³-hybridized carbons (Fsp3) is 0.238. The summed E-state index contributed by atoms with van der Waals surface area (Å²) in [4.78, 5) is 8.69. The number of pyridine rings is 2. The van der Waals surface area contributed by atoms with Gasteiger partial charge in [0.15, 0.2) is 0 Å². The van der Waals surface area contributed by atoms with Crippen molar-refractivity contribution in [3.63, 3.8) is 0 Å². The van der Waals surface area contributed by atoms with Gasteiger partial charge in [0.1, 0.15) is 29.0 Å². The number of nitrogens with one attached hydrogen (secondary N) is 1. The van der Waals surface area contributed by atoms with E-state index in [0.29, 0.717) is 42.7 Å². The van der Waals surface area contributed by atoms with Gasteiger partial charge in [-0.1, -0.05) is 0 Å². The first-order chi connectivity index (χ1) is 14.5. The van der Waals surface area contributed by atoms with Crippen LogP contribution in [-0.4, -0.2) is 29.4 Å². The van der Waals surface area contributed by atoms with Gasteiger partial charge < -0.3 is 14.8 Å². The summed E-state index contributed by atoms with van der Waals surface area (Å²) in [5.41, 5.74) is 1.81. The lowest BCUT2D eigenvalue weighted by atomic mass is 10.0. The lowest BCUT2D eigenvalue weighted by Gasteiger charge is -2.17. The third-order valence-electron chi connectivity index (χ3n) is 4.43. The van der Waals surface area contributed by atoms with E-state index in [-0.39, 0.29) is 11.3 Å². The van der Waals surface area contributed by atoms with E-state index < -0.39 is 11.6 Å². The number of thioether (sulfide) groups is 1. The molecule has 1 aliphatic heterocycles. The molecule has 1 N–H and O–H groups in total. The van der Waals surface area contributed by atoms with E-state index in [1.165, 1.54) is 18.2 Å². The molecule has 2 aromatic heterocycles. The highest BCUT2D eigenvalue weighted by molar-refractivity contribution is 14.1. The fourth-order valence-corrected chi connectivity index (χ4v) is 4.49. The van der Waals surface area contributed by atoms with E-state index in [1.807, 2.05) is 12.3 Å². The highest BCUT2D eigenvalue weighted by Gasteiger charge is 2.17. The molecule has 1 aromatic carbocycles. The Morgan fingerprint density at radius 2 is 1.93 bits per heavy atom. The van der Waals surface area contributed by atoms with Crippen molar-refractivity contribution in [1.82, 2.24) is 9.97 Å². The summed E-state index contributed by atoms with van der Waals surface area (Å²) in [6.07, 6.45) is 3.72. The van der Waals surface area contributed by atoms with Gasteiger partial charge in [0.2, 0.25) is 5.88 Å². The van der Waals surface area contributed by atoms with Gasteiger partial charge in [-0.25, -0.2) is 13.8 Å². The van der Waals surface area contributed by atoms with Gasteiger partial charge in [-0.3, -0.25) is 0 Å². The predicted molar refractivity (Wildman–Crippen MR) is 123 cm³/mol. The van der Waals surface area contributed by atoms with E-state index in [0.717, 1.165) is 21.1 Å². The second kappa shape index (κ2) is 9.34.